The molecule has 1 aromatic heterocycles. The van der Waals surface area contributed by atoms with Crippen molar-refractivity contribution in [1.29, 1.82) is 0 Å². The number of hydrogen-bond donors (Lipinski definition) is 1. The normalized spacial score (nSPS) is 13.2. The zero-order valence-electron chi connectivity index (χ0n) is 9.27. The second kappa shape index (κ2) is 4.40. The molecule has 92 valence electrons. The fraction of sp³-hybridized carbons (Fsp3) is 0.154. The van der Waals surface area contributed by atoms with Crippen molar-refractivity contribution in [3.05, 3.63) is 39.2 Å². The first-order valence-corrected chi connectivity index (χ1v) is 7.10. The molecule has 0 amide bonds. The molecule has 0 aliphatic carbocycles. The van der Waals surface area contributed by atoms with E-state index in [9.17, 15) is 4.79 Å². The van der Waals surface area contributed by atoms with Crippen molar-refractivity contribution < 1.29 is 14.6 Å². The third-order valence-corrected chi connectivity index (χ3v) is 4.57. The SMILES string of the molecule is O=C(O)c1cc2c(cc1Br)OCCc1ccsc1-2. The van der Waals surface area contributed by atoms with Gasteiger partial charge in [-0.15, -0.1) is 11.3 Å². The standard InChI is InChI=1S/C13H9BrO3S/c14-10-6-11-9(5-8(10)13(15)16)12-7(1-3-17-11)2-4-18-12/h2,4-6H,1,3H2,(H,15,16). The molecule has 1 aliphatic heterocycles. The van der Waals surface area contributed by atoms with E-state index in [2.05, 4.69) is 22.0 Å². The fourth-order valence-corrected chi connectivity index (χ4v) is 3.52. The molecule has 0 saturated carbocycles. The second-order valence-electron chi connectivity index (χ2n) is 4.01. The van der Waals surface area contributed by atoms with E-state index in [1.165, 1.54) is 5.56 Å². The van der Waals surface area contributed by atoms with Gasteiger partial charge in [0.25, 0.3) is 0 Å². The summed E-state index contributed by atoms with van der Waals surface area (Å²) in [7, 11) is 0. The van der Waals surface area contributed by atoms with Crippen molar-refractivity contribution in [2.45, 2.75) is 6.42 Å². The fourth-order valence-electron chi connectivity index (χ4n) is 2.06. The highest BCUT2D eigenvalue weighted by molar-refractivity contribution is 9.10. The quantitative estimate of drug-likeness (QED) is 0.867. The Bertz CT molecular complexity index is 633. The topological polar surface area (TPSA) is 46.5 Å². The minimum atomic E-state index is -0.938. The number of aromatic carboxylic acids is 1. The van der Waals surface area contributed by atoms with Crippen molar-refractivity contribution in [1.82, 2.24) is 0 Å². The highest BCUT2D eigenvalue weighted by Gasteiger charge is 2.20. The molecule has 5 heteroatoms. The zero-order valence-corrected chi connectivity index (χ0v) is 11.7. The molecule has 1 N–H and O–H groups in total. The first kappa shape index (κ1) is 11.7. The summed E-state index contributed by atoms with van der Waals surface area (Å²) in [6.45, 7) is 0.621. The van der Waals surface area contributed by atoms with E-state index in [-0.39, 0.29) is 5.56 Å². The molecule has 3 rings (SSSR count). The van der Waals surface area contributed by atoms with Crippen LogP contribution in [0.3, 0.4) is 0 Å². The number of benzene rings is 1. The van der Waals surface area contributed by atoms with Crippen LogP contribution >= 0.6 is 27.3 Å². The summed E-state index contributed by atoms with van der Waals surface area (Å²) in [4.78, 5) is 12.3. The van der Waals surface area contributed by atoms with E-state index in [1.807, 2.05) is 5.38 Å². The van der Waals surface area contributed by atoms with Crippen LogP contribution in [0.1, 0.15) is 15.9 Å². The molecular formula is C13H9BrO3S. The molecule has 2 heterocycles. The lowest BCUT2D eigenvalue weighted by Crippen LogP contribution is -2.01. The van der Waals surface area contributed by atoms with Gasteiger partial charge in [-0.05, 0) is 45.1 Å². The number of hydrogen-bond acceptors (Lipinski definition) is 3. The number of halogens is 1. The Kier molecular flexibility index (Phi) is 2.87. The number of thiophene rings is 1. The van der Waals surface area contributed by atoms with Gasteiger partial charge in [0.05, 0.1) is 12.2 Å². The molecule has 2 aromatic rings. The van der Waals surface area contributed by atoms with Crippen LogP contribution in [0.5, 0.6) is 5.75 Å². The van der Waals surface area contributed by atoms with Gasteiger partial charge in [-0.25, -0.2) is 4.79 Å². The molecule has 1 aromatic carbocycles. The van der Waals surface area contributed by atoms with Gasteiger partial charge in [0, 0.05) is 21.3 Å². The number of fused-ring (bicyclic) bond motifs is 3. The monoisotopic (exact) mass is 324 g/mol. The van der Waals surface area contributed by atoms with Crippen molar-refractivity contribution in [2.24, 2.45) is 0 Å². The van der Waals surface area contributed by atoms with Gasteiger partial charge in [0.1, 0.15) is 5.75 Å². The molecule has 0 unspecified atom stereocenters. The zero-order chi connectivity index (χ0) is 12.7. The molecule has 0 atom stereocenters. The van der Waals surface area contributed by atoms with E-state index in [0.717, 1.165) is 22.6 Å². The highest BCUT2D eigenvalue weighted by Crippen LogP contribution is 2.41. The van der Waals surface area contributed by atoms with Gasteiger partial charge in [-0.2, -0.15) is 0 Å². The Labute approximate surface area is 116 Å². The predicted molar refractivity (Wildman–Crippen MR) is 73.6 cm³/mol. The van der Waals surface area contributed by atoms with Gasteiger partial charge in [0.15, 0.2) is 0 Å². The summed E-state index contributed by atoms with van der Waals surface area (Å²) in [5.41, 5.74) is 2.36. The Morgan fingerprint density at radius 2 is 2.28 bits per heavy atom. The van der Waals surface area contributed by atoms with Crippen molar-refractivity contribution in [3.63, 3.8) is 0 Å². The molecule has 3 nitrogen and oxygen atoms in total. The molecular weight excluding hydrogens is 316 g/mol. The van der Waals surface area contributed by atoms with Crippen molar-refractivity contribution in [3.8, 4) is 16.2 Å². The third-order valence-electron chi connectivity index (χ3n) is 2.92. The second-order valence-corrected chi connectivity index (χ2v) is 5.78. The van der Waals surface area contributed by atoms with Crippen LogP contribution in [-0.2, 0) is 6.42 Å². The summed E-state index contributed by atoms with van der Waals surface area (Å²) in [5.74, 6) is -0.194. The van der Waals surface area contributed by atoms with Crippen LogP contribution in [0, 0.1) is 0 Å². The van der Waals surface area contributed by atoms with Crippen LogP contribution in [0.25, 0.3) is 10.4 Å². The van der Waals surface area contributed by atoms with Crippen molar-refractivity contribution >= 4 is 33.2 Å². The molecule has 18 heavy (non-hydrogen) atoms. The number of rotatable bonds is 1. The third kappa shape index (κ3) is 1.83. The van der Waals surface area contributed by atoms with E-state index in [0.29, 0.717) is 11.1 Å². The highest BCUT2D eigenvalue weighted by atomic mass is 79.9. The number of carboxylic acid groups (broad SMARTS) is 1. The average molecular weight is 325 g/mol. The van der Waals surface area contributed by atoms with Crippen LogP contribution < -0.4 is 4.74 Å². The van der Waals surface area contributed by atoms with Crippen molar-refractivity contribution in [2.75, 3.05) is 6.61 Å². The number of ether oxygens (including phenoxy) is 1. The summed E-state index contributed by atoms with van der Waals surface area (Å²) < 4.78 is 6.24. The summed E-state index contributed by atoms with van der Waals surface area (Å²) in [6, 6.07) is 5.50. The Hall–Kier alpha value is -1.33. The molecule has 1 aliphatic rings. The van der Waals surface area contributed by atoms with Crippen LogP contribution in [0.4, 0.5) is 0 Å². The Morgan fingerprint density at radius 1 is 1.44 bits per heavy atom. The first-order valence-electron chi connectivity index (χ1n) is 5.43. The van der Waals surface area contributed by atoms with Gasteiger partial charge in [-0.1, -0.05) is 0 Å². The molecule has 0 spiro atoms. The maximum atomic E-state index is 11.2. The van der Waals surface area contributed by atoms with E-state index in [4.69, 9.17) is 9.84 Å². The smallest absolute Gasteiger partial charge is 0.336 e. The Balaban J connectivity index is 2.26. The van der Waals surface area contributed by atoms with Crippen LogP contribution in [-0.4, -0.2) is 17.7 Å². The summed E-state index contributed by atoms with van der Waals surface area (Å²) in [5, 5.41) is 11.2. The average Bonchev–Trinajstić information content (AvgIpc) is 2.71. The molecule has 0 saturated heterocycles. The lowest BCUT2D eigenvalue weighted by Gasteiger charge is -2.09. The first-order chi connectivity index (χ1) is 8.66. The van der Waals surface area contributed by atoms with Gasteiger partial charge >= 0.3 is 5.97 Å². The largest absolute Gasteiger partial charge is 0.493 e. The van der Waals surface area contributed by atoms with Crippen LogP contribution in [0.2, 0.25) is 0 Å². The Morgan fingerprint density at radius 3 is 3.06 bits per heavy atom. The minimum Gasteiger partial charge on any atom is -0.493 e. The van der Waals surface area contributed by atoms with Gasteiger partial charge in [-0.3, -0.25) is 0 Å². The maximum Gasteiger partial charge on any atom is 0.336 e. The minimum absolute atomic E-state index is 0.263. The van der Waals surface area contributed by atoms with E-state index >= 15 is 0 Å². The summed E-state index contributed by atoms with van der Waals surface area (Å²) in [6.07, 6.45) is 0.855. The number of carboxylic acids is 1. The van der Waals surface area contributed by atoms with Crippen LogP contribution in [0.15, 0.2) is 28.1 Å². The molecule has 0 fully saturated rings. The lowest BCUT2D eigenvalue weighted by molar-refractivity contribution is 0.0696. The van der Waals surface area contributed by atoms with Gasteiger partial charge < -0.3 is 9.84 Å². The molecule has 0 bridgehead atoms. The van der Waals surface area contributed by atoms with E-state index in [1.54, 1.807) is 23.5 Å². The van der Waals surface area contributed by atoms with Gasteiger partial charge in [0.2, 0.25) is 0 Å². The maximum absolute atomic E-state index is 11.2. The lowest BCUT2D eigenvalue weighted by atomic mass is 10.1. The van der Waals surface area contributed by atoms with E-state index < -0.39 is 5.97 Å². The summed E-state index contributed by atoms with van der Waals surface area (Å²) >= 11 is 4.89. The number of carbonyl (C=O) groups is 1. The predicted octanol–water partition coefficient (Wildman–Crippen LogP) is 3.81. The molecule has 0 radical (unpaired) electrons.